The highest BCUT2D eigenvalue weighted by atomic mass is 32.1. The second kappa shape index (κ2) is 7.57. The molecule has 0 bridgehead atoms. The van der Waals surface area contributed by atoms with Gasteiger partial charge in [0.05, 0.1) is 5.69 Å². The zero-order chi connectivity index (χ0) is 15.2. The summed E-state index contributed by atoms with van der Waals surface area (Å²) in [7, 11) is 0. The third-order valence-corrected chi connectivity index (χ3v) is 4.48. The van der Waals surface area contributed by atoms with E-state index >= 15 is 0 Å². The first-order chi connectivity index (χ1) is 10.2. The summed E-state index contributed by atoms with van der Waals surface area (Å²) in [6.07, 6.45) is 2.08. The number of aryl methyl sites for hydroxylation is 1. The molecule has 1 heterocycles. The standard InChI is InChI=1S/C17H24N2OS/c1-4-7-14-16(10-18)21-17(19-14)11-20-15-9-6-5-8-13(15)12(2)3/h5-6,8-9,12H,4,7,10-11,18H2,1-3H3. The van der Waals surface area contributed by atoms with Gasteiger partial charge >= 0.3 is 0 Å². The van der Waals surface area contributed by atoms with Crippen molar-refractivity contribution in [3.8, 4) is 5.75 Å². The molecule has 2 N–H and O–H groups in total. The Morgan fingerprint density at radius 2 is 2.05 bits per heavy atom. The van der Waals surface area contributed by atoms with Gasteiger partial charge in [0.25, 0.3) is 0 Å². The number of benzene rings is 1. The Bertz CT molecular complexity index is 578. The Labute approximate surface area is 131 Å². The van der Waals surface area contributed by atoms with E-state index in [1.807, 2.05) is 12.1 Å². The van der Waals surface area contributed by atoms with Crippen molar-refractivity contribution in [3.05, 3.63) is 45.4 Å². The summed E-state index contributed by atoms with van der Waals surface area (Å²) in [6.45, 7) is 7.60. The van der Waals surface area contributed by atoms with Crippen LogP contribution < -0.4 is 10.5 Å². The van der Waals surface area contributed by atoms with Crippen LogP contribution in [-0.2, 0) is 19.6 Å². The Balaban J connectivity index is 2.10. The van der Waals surface area contributed by atoms with Crippen LogP contribution in [0, 0.1) is 0 Å². The molecule has 4 heteroatoms. The Hall–Kier alpha value is -1.39. The highest BCUT2D eigenvalue weighted by Crippen LogP contribution is 2.27. The van der Waals surface area contributed by atoms with E-state index in [4.69, 9.17) is 10.5 Å². The maximum absolute atomic E-state index is 5.98. The van der Waals surface area contributed by atoms with Crippen LogP contribution in [0.15, 0.2) is 24.3 Å². The number of ether oxygens (including phenoxy) is 1. The maximum Gasteiger partial charge on any atom is 0.140 e. The Kier molecular flexibility index (Phi) is 5.76. The second-order valence-corrected chi connectivity index (χ2v) is 6.58. The van der Waals surface area contributed by atoms with Crippen molar-refractivity contribution in [2.75, 3.05) is 0 Å². The van der Waals surface area contributed by atoms with E-state index in [0.717, 1.165) is 29.3 Å². The summed E-state index contributed by atoms with van der Waals surface area (Å²) in [6, 6.07) is 8.21. The summed E-state index contributed by atoms with van der Waals surface area (Å²) in [4.78, 5) is 5.86. The largest absolute Gasteiger partial charge is 0.486 e. The van der Waals surface area contributed by atoms with Gasteiger partial charge in [-0.2, -0.15) is 0 Å². The lowest BCUT2D eigenvalue weighted by Gasteiger charge is -2.12. The lowest BCUT2D eigenvalue weighted by Crippen LogP contribution is -2.00. The molecule has 0 amide bonds. The van der Waals surface area contributed by atoms with E-state index in [0.29, 0.717) is 19.1 Å². The number of nitrogens with two attached hydrogens (primary N) is 1. The number of nitrogens with zero attached hydrogens (tertiary/aromatic N) is 1. The van der Waals surface area contributed by atoms with Gasteiger partial charge < -0.3 is 10.5 Å². The fraction of sp³-hybridized carbons (Fsp3) is 0.471. The summed E-state index contributed by atoms with van der Waals surface area (Å²) in [5.41, 5.74) is 8.17. The molecule has 0 atom stereocenters. The number of aromatic nitrogens is 1. The van der Waals surface area contributed by atoms with Crippen LogP contribution in [0.4, 0.5) is 0 Å². The van der Waals surface area contributed by atoms with Crippen molar-refractivity contribution < 1.29 is 4.74 Å². The lowest BCUT2D eigenvalue weighted by molar-refractivity contribution is 0.301. The Morgan fingerprint density at radius 3 is 2.71 bits per heavy atom. The SMILES string of the molecule is CCCc1nc(COc2ccccc2C(C)C)sc1CN. The smallest absolute Gasteiger partial charge is 0.140 e. The molecule has 0 saturated carbocycles. The summed E-state index contributed by atoms with van der Waals surface area (Å²) >= 11 is 1.67. The van der Waals surface area contributed by atoms with Crippen LogP contribution in [0.5, 0.6) is 5.75 Å². The van der Waals surface area contributed by atoms with Crippen molar-refractivity contribution in [1.29, 1.82) is 0 Å². The fourth-order valence-electron chi connectivity index (χ4n) is 2.32. The molecule has 0 saturated heterocycles. The van der Waals surface area contributed by atoms with Crippen molar-refractivity contribution in [2.24, 2.45) is 5.73 Å². The molecule has 0 aliphatic rings. The van der Waals surface area contributed by atoms with Gasteiger partial charge in [-0.15, -0.1) is 11.3 Å². The number of hydrogen-bond donors (Lipinski definition) is 1. The molecule has 1 aromatic heterocycles. The van der Waals surface area contributed by atoms with Gasteiger partial charge in [-0.3, -0.25) is 0 Å². The third-order valence-electron chi connectivity index (χ3n) is 3.39. The van der Waals surface area contributed by atoms with Crippen LogP contribution in [0.3, 0.4) is 0 Å². The molecule has 0 unspecified atom stereocenters. The minimum atomic E-state index is 0.452. The zero-order valence-corrected chi connectivity index (χ0v) is 13.9. The first-order valence-electron chi connectivity index (χ1n) is 7.55. The second-order valence-electron chi connectivity index (χ2n) is 5.41. The molecule has 0 fully saturated rings. The molecule has 0 aliphatic carbocycles. The van der Waals surface area contributed by atoms with Gasteiger partial charge in [0.15, 0.2) is 0 Å². The molecule has 0 aliphatic heterocycles. The van der Waals surface area contributed by atoms with E-state index in [1.54, 1.807) is 11.3 Å². The summed E-state index contributed by atoms with van der Waals surface area (Å²) < 4.78 is 5.98. The molecule has 3 nitrogen and oxygen atoms in total. The van der Waals surface area contributed by atoms with Gasteiger partial charge in [0.2, 0.25) is 0 Å². The highest BCUT2D eigenvalue weighted by Gasteiger charge is 2.11. The molecule has 21 heavy (non-hydrogen) atoms. The molecule has 2 aromatic rings. The quantitative estimate of drug-likeness (QED) is 0.831. The van der Waals surface area contributed by atoms with Gasteiger partial charge in [0, 0.05) is 11.4 Å². The first kappa shape index (κ1) is 16.0. The molecular formula is C17H24N2OS. The maximum atomic E-state index is 5.98. The van der Waals surface area contributed by atoms with Crippen molar-refractivity contribution >= 4 is 11.3 Å². The van der Waals surface area contributed by atoms with E-state index in [1.165, 1.54) is 10.4 Å². The number of hydrogen-bond acceptors (Lipinski definition) is 4. The van der Waals surface area contributed by atoms with E-state index in [2.05, 4.69) is 37.9 Å². The van der Waals surface area contributed by atoms with E-state index < -0.39 is 0 Å². The average Bonchev–Trinajstić information content (AvgIpc) is 2.88. The summed E-state index contributed by atoms with van der Waals surface area (Å²) in [5, 5.41) is 1.01. The van der Waals surface area contributed by atoms with Crippen molar-refractivity contribution in [3.63, 3.8) is 0 Å². The Morgan fingerprint density at radius 1 is 1.29 bits per heavy atom. The fourth-order valence-corrected chi connectivity index (χ4v) is 3.23. The topological polar surface area (TPSA) is 48.1 Å². The van der Waals surface area contributed by atoms with Crippen LogP contribution >= 0.6 is 11.3 Å². The van der Waals surface area contributed by atoms with Gasteiger partial charge in [0.1, 0.15) is 17.4 Å². The highest BCUT2D eigenvalue weighted by molar-refractivity contribution is 7.11. The van der Waals surface area contributed by atoms with Crippen LogP contribution in [0.25, 0.3) is 0 Å². The van der Waals surface area contributed by atoms with Crippen LogP contribution in [0.2, 0.25) is 0 Å². The van der Waals surface area contributed by atoms with Gasteiger partial charge in [-0.1, -0.05) is 45.4 Å². The minimum Gasteiger partial charge on any atom is -0.486 e. The predicted octanol–water partition coefficient (Wildman–Crippen LogP) is 4.26. The van der Waals surface area contributed by atoms with Crippen molar-refractivity contribution in [1.82, 2.24) is 4.98 Å². The van der Waals surface area contributed by atoms with E-state index in [-0.39, 0.29) is 0 Å². The normalized spacial score (nSPS) is 11.1. The van der Waals surface area contributed by atoms with Crippen molar-refractivity contribution in [2.45, 2.75) is 52.7 Å². The lowest BCUT2D eigenvalue weighted by atomic mass is 10.0. The number of rotatable bonds is 7. The van der Waals surface area contributed by atoms with Gasteiger partial charge in [-0.05, 0) is 24.0 Å². The molecule has 0 spiro atoms. The molecule has 0 radical (unpaired) electrons. The summed E-state index contributed by atoms with van der Waals surface area (Å²) in [5.74, 6) is 1.40. The van der Waals surface area contributed by atoms with E-state index in [9.17, 15) is 0 Å². The van der Waals surface area contributed by atoms with Gasteiger partial charge in [-0.25, -0.2) is 4.98 Å². The first-order valence-corrected chi connectivity index (χ1v) is 8.36. The zero-order valence-electron chi connectivity index (χ0n) is 13.1. The average molecular weight is 304 g/mol. The van der Waals surface area contributed by atoms with Crippen LogP contribution in [-0.4, -0.2) is 4.98 Å². The van der Waals surface area contributed by atoms with Crippen LogP contribution in [0.1, 0.15) is 54.3 Å². The molecule has 2 rings (SSSR count). The predicted molar refractivity (Wildman–Crippen MR) is 88.9 cm³/mol. The monoisotopic (exact) mass is 304 g/mol. The number of para-hydroxylation sites is 1. The number of thiazole rings is 1. The minimum absolute atomic E-state index is 0.452. The molecular weight excluding hydrogens is 280 g/mol. The molecule has 1 aromatic carbocycles. The molecule has 114 valence electrons. The third kappa shape index (κ3) is 4.05.